The first kappa shape index (κ1) is 18.1. The summed E-state index contributed by atoms with van der Waals surface area (Å²) in [5.74, 6) is 0.116. The zero-order chi connectivity index (χ0) is 17.4. The molecule has 1 atom stereocenters. The van der Waals surface area contributed by atoms with Crippen LogP contribution in [0, 0.1) is 11.3 Å². The molecule has 0 radical (unpaired) electrons. The standard InChI is InChI=1S/C16H28N2O5S/c1-17(11-15(19)20)9-14-10-18(6-7-23-14)24(21,22)12-16-4-2-13(8-16)3-5-16/h13-14H,2-12H2,1H3,(H,19,20). The number of carbonyl (C=O) groups is 1. The summed E-state index contributed by atoms with van der Waals surface area (Å²) in [5, 5.41) is 8.82. The van der Waals surface area contributed by atoms with E-state index in [9.17, 15) is 13.2 Å². The summed E-state index contributed by atoms with van der Waals surface area (Å²) in [7, 11) is -1.57. The van der Waals surface area contributed by atoms with E-state index in [-0.39, 0.29) is 23.8 Å². The maximum atomic E-state index is 12.9. The van der Waals surface area contributed by atoms with E-state index in [1.807, 2.05) is 0 Å². The Morgan fingerprint density at radius 1 is 1.38 bits per heavy atom. The first-order valence-electron chi connectivity index (χ1n) is 8.78. The van der Waals surface area contributed by atoms with Crippen molar-refractivity contribution in [1.82, 2.24) is 9.21 Å². The molecular weight excluding hydrogens is 332 g/mol. The molecule has 1 unspecified atom stereocenters. The Kier molecular flexibility index (Phi) is 5.20. The monoisotopic (exact) mass is 360 g/mol. The average molecular weight is 360 g/mol. The van der Waals surface area contributed by atoms with Gasteiger partial charge in [-0.2, -0.15) is 4.31 Å². The molecule has 3 aliphatic rings. The van der Waals surface area contributed by atoms with Crippen LogP contribution in [0.3, 0.4) is 0 Å². The third kappa shape index (κ3) is 4.09. The fraction of sp³-hybridized carbons (Fsp3) is 0.938. The van der Waals surface area contributed by atoms with Crippen LogP contribution in [-0.4, -0.2) is 80.4 Å². The molecule has 2 bridgehead atoms. The van der Waals surface area contributed by atoms with Gasteiger partial charge < -0.3 is 9.84 Å². The average Bonchev–Trinajstić information content (AvgIpc) is 3.05. The number of fused-ring (bicyclic) bond motifs is 2. The van der Waals surface area contributed by atoms with E-state index in [1.165, 1.54) is 12.8 Å². The summed E-state index contributed by atoms with van der Waals surface area (Å²) in [6.45, 7) is 1.45. The van der Waals surface area contributed by atoms with Crippen molar-refractivity contribution in [2.24, 2.45) is 11.3 Å². The fourth-order valence-electron chi connectivity index (χ4n) is 4.69. The van der Waals surface area contributed by atoms with Crippen LogP contribution in [0.15, 0.2) is 0 Å². The summed E-state index contributed by atoms with van der Waals surface area (Å²) in [6, 6.07) is 0. The molecule has 0 aromatic carbocycles. The highest BCUT2D eigenvalue weighted by Crippen LogP contribution is 2.54. The van der Waals surface area contributed by atoms with Crippen molar-refractivity contribution in [3.05, 3.63) is 0 Å². The van der Waals surface area contributed by atoms with Crippen LogP contribution in [0.5, 0.6) is 0 Å². The smallest absolute Gasteiger partial charge is 0.317 e. The second kappa shape index (κ2) is 6.90. The zero-order valence-electron chi connectivity index (χ0n) is 14.3. The Morgan fingerprint density at radius 3 is 2.67 bits per heavy atom. The van der Waals surface area contributed by atoms with Crippen molar-refractivity contribution in [3.63, 3.8) is 0 Å². The lowest BCUT2D eigenvalue weighted by Crippen LogP contribution is -2.51. The molecule has 2 saturated carbocycles. The topological polar surface area (TPSA) is 87.2 Å². The minimum atomic E-state index is -3.28. The zero-order valence-corrected chi connectivity index (χ0v) is 15.1. The van der Waals surface area contributed by atoms with Crippen molar-refractivity contribution < 1.29 is 23.1 Å². The van der Waals surface area contributed by atoms with Crippen LogP contribution in [0.1, 0.15) is 32.1 Å². The molecule has 2 aliphatic carbocycles. The van der Waals surface area contributed by atoms with Crippen molar-refractivity contribution in [2.75, 3.05) is 45.6 Å². The molecule has 0 aromatic heterocycles. The minimum absolute atomic E-state index is 0.0113. The number of nitrogens with zero attached hydrogens (tertiary/aromatic N) is 2. The van der Waals surface area contributed by atoms with Crippen LogP contribution in [0.2, 0.25) is 0 Å². The number of carboxylic acids is 1. The number of ether oxygens (including phenoxy) is 1. The summed E-state index contributed by atoms with van der Waals surface area (Å²) in [6.07, 6.45) is 5.26. The van der Waals surface area contributed by atoms with Gasteiger partial charge in [-0.3, -0.25) is 9.69 Å². The predicted molar refractivity (Wildman–Crippen MR) is 89.2 cm³/mol. The molecule has 3 fully saturated rings. The largest absolute Gasteiger partial charge is 0.480 e. The van der Waals surface area contributed by atoms with E-state index in [0.717, 1.165) is 25.2 Å². The molecule has 1 N–H and O–H groups in total. The Hall–Kier alpha value is -0.700. The van der Waals surface area contributed by atoms with E-state index in [2.05, 4.69) is 0 Å². The maximum absolute atomic E-state index is 12.9. The molecule has 1 aliphatic heterocycles. The third-order valence-electron chi connectivity index (χ3n) is 5.79. The Balaban J connectivity index is 1.58. The van der Waals surface area contributed by atoms with Gasteiger partial charge in [0.25, 0.3) is 0 Å². The van der Waals surface area contributed by atoms with Gasteiger partial charge in [-0.25, -0.2) is 8.42 Å². The molecule has 1 saturated heterocycles. The molecule has 8 heteroatoms. The first-order valence-corrected chi connectivity index (χ1v) is 10.4. The number of hydrogen-bond donors (Lipinski definition) is 1. The summed E-state index contributed by atoms with van der Waals surface area (Å²) >= 11 is 0. The molecule has 3 rings (SSSR count). The van der Waals surface area contributed by atoms with E-state index >= 15 is 0 Å². The molecule has 24 heavy (non-hydrogen) atoms. The third-order valence-corrected chi connectivity index (χ3v) is 7.89. The van der Waals surface area contributed by atoms with Crippen LogP contribution >= 0.6 is 0 Å². The number of hydrogen-bond acceptors (Lipinski definition) is 5. The van der Waals surface area contributed by atoms with Crippen molar-refractivity contribution in [2.45, 2.75) is 38.2 Å². The number of sulfonamides is 1. The van der Waals surface area contributed by atoms with Gasteiger partial charge in [-0.05, 0) is 50.5 Å². The number of rotatable bonds is 7. The summed E-state index contributed by atoms with van der Waals surface area (Å²) in [5.41, 5.74) is 0.0113. The number of likely N-dealkylation sites (N-methyl/N-ethyl adjacent to an activating group) is 1. The van der Waals surface area contributed by atoms with Crippen LogP contribution in [0.25, 0.3) is 0 Å². The Morgan fingerprint density at radius 2 is 2.08 bits per heavy atom. The lowest BCUT2D eigenvalue weighted by molar-refractivity contribution is -0.138. The van der Waals surface area contributed by atoms with E-state index in [0.29, 0.717) is 26.2 Å². The van der Waals surface area contributed by atoms with Gasteiger partial charge in [0.1, 0.15) is 0 Å². The van der Waals surface area contributed by atoms with Crippen molar-refractivity contribution in [1.29, 1.82) is 0 Å². The normalized spacial score (nSPS) is 34.1. The van der Waals surface area contributed by atoms with Gasteiger partial charge >= 0.3 is 5.97 Å². The predicted octanol–water partition coefficient (Wildman–Crippen LogP) is 0.614. The molecule has 138 valence electrons. The molecule has 7 nitrogen and oxygen atoms in total. The SMILES string of the molecule is CN(CC(=O)O)CC1CN(S(=O)(=O)CC23CCC(CC2)C3)CCO1. The lowest BCUT2D eigenvalue weighted by atomic mass is 9.87. The van der Waals surface area contributed by atoms with Crippen molar-refractivity contribution in [3.8, 4) is 0 Å². The summed E-state index contributed by atoms with van der Waals surface area (Å²) in [4.78, 5) is 12.4. The lowest BCUT2D eigenvalue weighted by Gasteiger charge is -2.36. The number of aliphatic carboxylic acids is 1. The van der Waals surface area contributed by atoms with Crippen molar-refractivity contribution >= 4 is 16.0 Å². The highest BCUT2D eigenvalue weighted by Gasteiger charge is 2.48. The number of morpholine rings is 1. The molecule has 0 amide bonds. The second-order valence-electron chi connectivity index (χ2n) is 7.85. The first-order chi connectivity index (χ1) is 11.3. The van der Waals surface area contributed by atoms with Gasteiger partial charge in [-0.15, -0.1) is 0 Å². The van der Waals surface area contributed by atoms with Gasteiger partial charge in [0.2, 0.25) is 10.0 Å². The highest BCUT2D eigenvalue weighted by molar-refractivity contribution is 7.89. The Bertz CT molecular complexity index is 571. The molecular formula is C16H28N2O5S. The highest BCUT2D eigenvalue weighted by atomic mass is 32.2. The Labute approximate surface area is 144 Å². The van der Waals surface area contributed by atoms with E-state index in [1.54, 1.807) is 16.3 Å². The van der Waals surface area contributed by atoms with Crippen LogP contribution in [0.4, 0.5) is 0 Å². The van der Waals surface area contributed by atoms with Crippen LogP contribution < -0.4 is 0 Å². The maximum Gasteiger partial charge on any atom is 0.317 e. The van der Waals surface area contributed by atoms with E-state index < -0.39 is 16.0 Å². The van der Waals surface area contributed by atoms with Gasteiger partial charge in [0.05, 0.1) is 25.0 Å². The number of carboxylic acid groups (broad SMARTS) is 1. The summed E-state index contributed by atoms with van der Waals surface area (Å²) < 4.78 is 33.0. The molecule has 1 heterocycles. The van der Waals surface area contributed by atoms with Gasteiger partial charge in [-0.1, -0.05) is 0 Å². The quantitative estimate of drug-likeness (QED) is 0.716. The van der Waals surface area contributed by atoms with Gasteiger partial charge in [0, 0.05) is 19.6 Å². The van der Waals surface area contributed by atoms with Crippen LogP contribution in [-0.2, 0) is 19.6 Å². The van der Waals surface area contributed by atoms with E-state index in [4.69, 9.17) is 9.84 Å². The second-order valence-corrected chi connectivity index (χ2v) is 9.81. The minimum Gasteiger partial charge on any atom is -0.480 e. The van der Waals surface area contributed by atoms with Gasteiger partial charge in [0.15, 0.2) is 0 Å². The molecule has 0 spiro atoms. The molecule has 0 aromatic rings. The fourth-order valence-corrected chi connectivity index (χ4v) is 6.80.